The van der Waals surface area contributed by atoms with E-state index in [9.17, 15) is 29.1 Å². The van der Waals surface area contributed by atoms with E-state index in [1.165, 1.54) is 24.2 Å². The number of anilines is 1. The molecule has 224 valence electrons. The molecule has 1 fully saturated rings. The molecule has 0 aromatic heterocycles. The highest BCUT2D eigenvalue weighted by atomic mass is 16.5. The van der Waals surface area contributed by atoms with Gasteiger partial charge in [-0.05, 0) is 73.7 Å². The number of Topliss-reactive ketones (excluding diaryl/α,β-unsaturated/α-hetero) is 1. The molecular weight excluding hydrogens is 570 g/mol. The molecule has 3 aliphatic carbocycles. The van der Waals surface area contributed by atoms with Gasteiger partial charge in [0.1, 0.15) is 0 Å². The summed E-state index contributed by atoms with van der Waals surface area (Å²) in [5, 5.41) is 10.3. The lowest BCUT2D eigenvalue weighted by atomic mass is 9.59. The Kier molecular flexibility index (Phi) is 6.73. The predicted molar refractivity (Wildman–Crippen MR) is 165 cm³/mol. The summed E-state index contributed by atoms with van der Waals surface area (Å²) in [5.41, 5.74) is 3.89. The number of imide groups is 1. The molecule has 0 bridgehead atoms. The monoisotopic (exact) mass is 599 g/mol. The highest BCUT2D eigenvalue weighted by Crippen LogP contribution is 2.56. The topological polar surface area (TPSA) is 118 Å². The number of methoxy groups -OCH3 is 1. The summed E-state index contributed by atoms with van der Waals surface area (Å²) in [4.78, 5) is 69.1. The molecule has 3 aromatic carbocycles. The zero-order valence-electron chi connectivity index (χ0n) is 24.7. The number of nitrogens with zero attached hydrogens (tertiary/aromatic N) is 1. The van der Waals surface area contributed by atoms with Gasteiger partial charge in [0.2, 0.25) is 11.8 Å². The van der Waals surface area contributed by atoms with E-state index in [1.54, 1.807) is 67.6 Å². The van der Waals surface area contributed by atoms with Crippen LogP contribution >= 0.6 is 0 Å². The van der Waals surface area contributed by atoms with Gasteiger partial charge in [-0.1, -0.05) is 48.0 Å². The third-order valence-corrected chi connectivity index (χ3v) is 9.53. The van der Waals surface area contributed by atoms with E-state index in [1.807, 2.05) is 12.1 Å². The first kappa shape index (κ1) is 28.4. The lowest BCUT2D eigenvalue weighted by Gasteiger charge is -2.42. The fourth-order valence-electron chi connectivity index (χ4n) is 7.39. The predicted octanol–water partition coefficient (Wildman–Crippen LogP) is 5.27. The minimum absolute atomic E-state index is 0.0636. The van der Waals surface area contributed by atoms with E-state index >= 15 is 0 Å². The van der Waals surface area contributed by atoms with Gasteiger partial charge < -0.3 is 9.84 Å². The van der Waals surface area contributed by atoms with E-state index in [2.05, 4.69) is 0 Å². The molecule has 2 amide bonds. The van der Waals surface area contributed by atoms with Crippen LogP contribution in [0.4, 0.5) is 5.69 Å². The SMILES string of the molecule is COc1cc(C2C3=CCC4C(=O)N(c5ccc(C(=O)c6ccccc6)cc5)C(=O)C4C3CC3=C2C(=O)C(C)=CC3=O)ccc1O. The molecule has 1 N–H and O–H groups in total. The molecule has 4 unspecified atom stereocenters. The van der Waals surface area contributed by atoms with E-state index < -0.39 is 23.7 Å². The number of ketones is 3. The maximum Gasteiger partial charge on any atom is 0.238 e. The van der Waals surface area contributed by atoms with Gasteiger partial charge in [0.25, 0.3) is 0 Å². The quantitative estimate of drug-likeness (QED) is 0.184. The van der Waals surface area contributed by atoms with Crippen molar-refractivity contribution in [2.75, 3.05) is 12.0 Å². The number of allylic oxidation sites excluding steroid dienone is 6. The maximum atomic E-state index is 14.2. The van der Waals surface area contributed by atoms with Crippen molar-refractivity contribution < 1.29 is 33.8 Å². The Balaban J connectivity index is 1.26. The van der Waals surface area contributed by atoms with Crippen LogP contribution < -0.4 is 9.64 Å². The summed E-state index contributed by atoms with van der Waals surface area (Å²) in [5.74, 6) is -3.69. The molecular formula is C37H29NO7. The van der Waals surface area contributed by atoms with E-state index in [0.717, 1.165) is 5.57 Å². The first-order chi connectivity index (χ1) is 21.7. The highest BCUT2D eigenvalue weighted by molar-refractivity contribution is 6.25. The number of amides is 2. The molecule has 8 heteroatoms. The third-order valence-electron chi connectivity index (χ3n) is 9.53. The van der Waals surface area contributed by atoms with Crippen molar-refractivity contribution in [2.45, 2.75) is 25.7 Å². The fraction of sp³-hybridized carbons (Fsp3) is 0.216. The number of carbonyl (C=O) groups is 5. The van der Waals surface area contributed by atoms with Gasteiger partial charge in [0.15, 0.2) is 28.8 Å². The number of fused-ring (bicyclic) bond motifs is 3. The summed E-state index contributed by atoms with van der Waals surface area (Å²) in [6.07, 6.45) is 3.76. The largest absolute Gasteiger partial charge is 0.504 e. The molecule has 1 saturated heterocycles. The van der Waals surface area contributed by atoms with Crippen LogP contribution in [0.3, 0.4) is 0 Å². The highest BCUT2D eigenvalue weighted by Gasteiger charge is 2.56. The fourth-order valence-corrected chi connectivity index (χ4v) is 7.39. The van der Waals surface area contributed by atoms with Crippen molar-refractivity contribution in [1.29, 1.82) is 0 Å². The van der Waals surface area contributed by atoms with Crippen LogP contribution in [0.15, 0.2) is 107 Å². The van der Waals surface area contributed by atoms with Crippen molar-refractivity contribution in [2.24, 2.45) is 17.8 Å². The summed E-state index contributed by atoms with van der Waals surface area (Å²) in [6.45, 7) is 1.62. The van der Waals surface area contributed by atoms with Gasteiger partial charge in [0.05, 0.1) is 24.6 Å². The smallest absolute Gasteiger partial charge is 0.238 e. The van der Waals surface area contributed by atoms with Crippen LogP contribution in [0.1, 0.15) is 47.2 Å². The lowest BCUT2D eigenvalue weighted by molar-refractivity contribution is -0.123. The maximum absolute atomic E-state index is 14.2. The van der Waals surface area contributed by atoms with Crippen molar-refractivity contribution in [3.63, 3.8) is 0 Å². The van der Waals surface area contributed by atoms with Crippen molar-refractivity contribution in [1.82, 2.24) is 0 Å². The molecule has 1 aliphatic heterocycles. The first-order valence-corrected chi connectivity index (χ1v) is 14.8. The molecule has 4 atom stereocenters. The zero-order valence-corrected chi connectivity index (χ0v) is 24.7. The summed E-state index contributed by atoms with van der Waals surface area (Å²) < 4.78 is 5.35. The number of carbonyl (C=O) groups excluding carboxylic acids is 5. The Morgan fingerprint density at radius 1 is 0.889 bits per heavy atom. The Morgan fingerprint density at radius 2 is 1.60 bits per heavy atom. The Morgan fingerprint density at radius 3 is 2.31 bits per heavy atom. The number of hydrogen-bond donors (Lipinski definition) is 1. The summed E-state index contributed by atoms with van der Waals surface area (Å²) >= 11 is 0. The van der Waals surface area contributed by atoms with Gasteiger partial charge in [0, 0.05) is 33.8 Å². The normalized spacial score (nSPS) is 24.1. The minimum Gasteiger partial charge on any atom is -0.504 e. The standard InChI is InChI=1S/C37H29NO7/c1-19-16-29(40)27-18-26-24(31(33(27)34(19)41)22-10-15-28(39)30(17-22)45-2)13-14-25-32(26)37(44)38(36(25)43)23-11-8-21(9-12-23)35(42)20-6-4-3-5-7-20/h3-13,15-17,25-26,31-32,39H,14,18H2,1-2H3. The summed E-state index contributed by atoms with van der Waals surface area (Å²) in [7, 11) is 1.43. The lowest BCUT2D eigenvalue weighted by Crippen LogP contribution is -2.39. The van der Waals surface area contributed by atoms with Gasteiger partial charge >= 0.3 is 0 Å². The number of aromatic hydroxyl groups is 1. The van der Waals surface area contributed by atoms with E-state index in [4.69, 9.17) is 4.74 Å². The second kappa shape index (κ2) is 10.7. The van der Waals surface area contributed by atoms with Gasteiger partial charge in [-0.15, -0.1) is 0 Å². The average Bonchev–Trinajstić information content (AvgIpc) is 3.32. The van der Waals surface area contributed by atoms with Crippen LogP contribution in [-0.4, -0.2) is 41.4 Å². The molecule has 0 saturated carbocycles. The minimum atomic E-state index is -0.728. The third kappa shape index (κ3) is 4.39. The van der Waals surface area contributed by atoms with Gasteiger partial charge in [-0.25, -0.2) is 0 Å². The molecule has 4 aliphatic rings. The van der Waals surface area contributed by atoms with Crippen LogP contribution in [-0.2, 0) is 19.2 Å². The zero-order chi connectivity index (χ0) is 31.6. The second-order valence-electron chi connectivity index (χ2n) is 11.9. The van der Waals surface area contributed by atoms with Crippen molar-refractivity contribution in [3.8, 4) is 11.5 Å². The van der Waals surface area contributed by atoms with Gasteiger partial charge in [-0.2, -0.15) is 0 Å². The molecule has 7 rings (SSSR count). The van der Waals surface area contributed by atoms with Crippen LogP contribution in [0.25, 0.3) is 0 Å². The van der Waals surface area contributed by atoms with Crippen LogP contribution in [0.5, 0.6) is 11.5 Å². The van der Waals surface area contributed by atoms with E-state index in [0.29, 0.717) is 45.5 Å². The molecule has 1 heterocycles. The molecule has 45 heavy (non-hydrogen) atoms. The van der Waals surface area contributed by atoms with Crippen molar-refractivity contribution in [3.05, 3.63) is 124 Å². The van der Waals surface area contributed by atoms with Crippen LogP contribution in [0.2, 0.25) is 0 Å². The number of rotatable bonds is 5. The number of phenols is 1. The Hall–Kier alpha value is -5.37. The second-order valence-corrected chi connectivity index (χ2v) is 11.9. The number of benzene rings is 3. The molecule has 3 aromatic rings. The molecule has 0 radical (unpaired) electrons. The first-order valence-electron chi connectivity index (χ1n) is 14.8. The average molecular weight is 600 g/mol. The number of ether oxygens (including phenoxy) is 1. The van der Waals surface area contributed by atoms with Crippen molar-refractivity contribution >= 4 is 34.9 Å². The number of hydrogen-bond acceptors (Lipinski definition) is 7. The Bertz CT molecular complexity index is 1920. The molecule has 0 spiro atoms. The Labute approximate surface area is 259 Å². The van der Waals surface area contributed by atoms with Crippen LogP contribution in [0, 0.1) is 17.8 Å². The van der Waals surface area contributed by atoms with E-state index in [-0.39, 0.29) is 47.1 Å². The number of phenolic OH excluding ortho intramolecular Hbond substituents is 1. The summed E-state index contributed by atoms with van der Waals surface area (Å²) in [6, 6.07) is 20.1. The van der Waals surface area contributed by atoms with Gasteiger partial charge in [-0.3, -0.25) is 28.9 Å². The molecule has 8 nitrogen and oxygen atoms in total.